The van der Waals surface area contributed by atoms with E-state index in [1.807, 2.05) is 12.1 Å². The number of hydrogen-bond donors (Lipinski definition) is 0. The number of fused-ring (bicyclic) bond motifs is 1. The second-order valence-corrected chi connectivity index (χ2v) is 7.62. The second-order valence-electron chi connectivity index (χ2n) is 6.61. The molecule has 1 aliphatic rings. The molecule has 0 amide bonds. The Morgan fingerprint density at radius 2 is 2.00 bits per heavy atom. The number of benzene rings is 2. The number of non-ortho nitro benzene ring substituents is 1. The normalized spacial score (nSPS) is 15.8. The highest BCUT2D eigenvalue weighted by atomic mass is 32.1. The summed E-state index contributed by atoms with van der Waals surface area (Å²) in [6, 6.07) is 11.7. The van der Waals surface area contributed by atoms with Crippen LogP contribution in [0.15, 0.2) is 42.5 Å². The van der Waals surface area contributed by atoms with Crippen molar-refractivity contribution < 1.29 is 9.31 Å². The van der Waals surface area contributed by atoms with Crippen LogP contribution in [0.5, 0.6) is 0 Å². The van der Waals surface area contributed by atoms with Crippen LogP contribution in [-0.4, -0.2) is 41.0 Å². The molecule has 1 saturated heterocycles. The van der Waals surface area contributed by atoms with E-state index in [1.54, 1.807) is 18.2 Å². The number of hydrogen-bond acceptors (Lipinski definition) is 6. The molecule has 3 aromatic rings. The molecule has 0 bridgehead atoms. The topological polar surface area (TPSA) is 62.5 Å². The molecule has 140 valence electrons. The molecule has 2 heterocycles. The van der Waals surface area contributed by atoms with E-state index in [4.69, 9.17) is 0 Å². The lowest BCUT2D eigenvalue weighted by atomic mass is 10.2. The average Bonchev–Trinajstić information content (AvgIpc) is 2.95. The highest BCUT2D eigenvalue weighted by Crippen LogP contribution is 2.32. The average molecular weight is 386 g/mol. The Labute approximate surface area is 160 Å². The van der Waals surface area contributed by atoms with Crippen LogP contribution < -0.4 is 4.90 Å². The summed E-state index contributed by atoms with van der Waals surface area (Å²) in [6.07, 6.45) is 0.963. The third kappa shape index (κ3) is 3.91. The number of nitro benzene ring substituents is 1. The molecule has 0 saturated carbocycles. The van der Waals surface area contributed by atoms with Crippen LogP contribution in [0.3, 0.4) is 0 Å². The molecule has 6 nitrogen and oxygen atoms in total. The third-order valence-corrected chi connectivity index (χ3v) is 5.86. The minimum absolute atomic E-state index is 0.0876. The SMILES string of the molecule is O=[N+]([O-])c1ccc2nc(N3CCCN(Cc4ccccc4F)CC3)sc2c1. The standard InChI is InChI=1S/C19H19FN4O2S/c20-16-5-2-1-4-14(16)13-22-8-3-9-23(11-10-22)19-21-17-7-6-15(24(25)26)12-18(17)27-19/h1-2,4-7,12H,3,8-11,13H2. The van der Waals surface area contributed by atoms with E-state index in [1.165, 1.54) is 23.5 Å². The third-order valence-electron chi connectivity index (χ3n) is 4.78. The van der Waals surface area contributed by atoms with Gasteiger partial charge in [0.25, 0.3) is 5.69 Å². The summed E-state index contributed by atoms with van der Waals surface area (Å²) >= 11 is 1.48. The van der Waals surface area contributed by atoms with Crippen molar-refractivity contribution in [3.05, 3.63) is 64.0 Å². The Kier molecular flexibility index (Phi) is 5.00. The fourth-order valence-corrected chi connectivity index (χ4v) is 4.39. The zero-order valence-electron chi connectivity index (χ0n) is 14.7. The van der Waals surface area contributed by atoms with Gasteiger partial charge in [0.1, 0.15) is 5.82 Å². The van der Waals surface area contributed by atoms with Crippen LogP contribution in [0.4, 0.5) is 15.2 Å². The monoisotopic (exact) mass is 386 g/mol. The lowest BCUT2D eigenvalue weighted by molar-refractivity contribution is -0.384. The molecule has 0 aliphatic carbocycles. The summed E-state index contributed by atoms with van der Waals surface area (Å²) in [7, 11) is 0. The first-order valence-corrected chi connectivity index (χ1v) is 9.67. The van der Waals surface area contributed by atoms with Gasteiger partial charge in [0, 0.05) is 50.4 Å². The predicted molar refractivity (Wildman–Crippen MR) is 105 cm³/mol. The van der Waals surface area contributed by atoms with E-state index in [2.05, 4.69) is 14.8 Å². The van der Waals surface area contributed by atoms with Crippen LogP contribution >= 0.6 is 11.3 Å². The number of halogens is 1. The molecule has 8 heteroatoms. The highest BCUT2D eigenvalue weighted by molar-refractivity contribution is 7.22. The van der Waals surface area contributed by atoms with Crippen molar-refractivity contribution in [1.82, 2.24) is 9.88 Å². The molecule has 0 spiro atoms. The van der Waals surface area contributed by atoms with E-state index in [0.717, 1.165) is 53.5 Å². The van der Waals surface area contributed by atoms with Crippen molar-refractivity contribution in [2.45, 2.75) is 13.0 Å². The quantitative estimate of drug-likeness (QED) is 0.500. The first-order valence-electron chi connectivity index (χ1n) is 8.86. The Bertz CT molecular complexity index is 977. The minimum Gasteiger partial charge on any atom is -0.347 e. The van der Waals surface area contributed by atoms with E-state index in [0.29, 0.717) is 6.54 Å². The van der Waals surface area contributed by atoms with Gasteiger partial charge in [0.05, 0.1) is 15.1 Å². The van der Waals surface area contributed by atoms with Gasteiger partial charge in [-0.2, -0.15) is 0 Å². The summed E-state index contributed by atoms with van der Waals surface area (Å²) in [6.45, 7) is 4.00. The maximum absolute atomic E-state index is 13.9. The van der Waals surface area contributed by atoms with Crippen molar-refractivity contribution in [1.29, 1.82) is 0 Å². The molecule has 1 aliphatic heterocycles. The van der Waals surface area contributed by atoms with Crippen molar-refractivity contribution in [2.75, 3.05) is 31.1 Å². The van der Waals surface area contributed by atoms with Gasteiger partial charge in [-0.15, -0.1) is 0 Å². The van der Waals surface area contributed by atoms with Crippen LogP contribution in [-0.2, 0) is 6.54 Å². The fourth-order valence-electron chi connectivity index (χ4n) is 3.34. The summed E-state index contributed by atoms with van der Waals surface area (Å²) < 4.78 is 14.7. The zero-order valence-corrected chi connectivity index (χ0v) is 15.5. The Balaban J connectivity index is 1.47. The fraction of sp³-hybridized carbons (Fsp3) is 0.316. The second kappa shape index (κ2) is 7.58. The molecule has 0 N–H and O–H groups in total. The van der Waals surface area contributed by atoms with E-state index < -0.39 is 0 Å². The van der Waals surface area contributed by atoms with Gasteiger partial charge < -0.3 is 4.90 Å². The summed E-state index contributed by atoms with van der Waals surface area (Å²) in [5.41, 5.74) is 1.59. The minimum atomic E-state index is -0.384. The molecule has 2 aromatic carbocycles. The lowest BCUT2D eigenvalue weighted by Crippen LogP contribution is -2.30. The summed E-state index contributed by atoms with van der Waals surface area (Å²) in [5.74, 6) is -0.161. The first kappa shape index (κ1) is 17.8. The maximum atomic E-state index is 13.9. The molecule has 0 unspecified atom stereocenters. The zero-order chi connectivity index (χ0) is 18.8. The largest absolute Gasteiger partial charge is 0.347 e. The Morgan fingerprint density at radius 3 is 2.81 bits per heavy atom. The first-order chi connectivity index (χ1) is 13.1. The van der Waals surface area contributed by atoms with Crippen LogP contribution in [0, 0.1) is 15.9 Å². The Hall–Kier alpha value is -2.58. The van der Waals surface area contributed by atoms with Crippen molar-refractivity contribution in [3.63, 3.8) is 0 Å². The van der Waals surface area contributed by atoms with Gasteiger partial charge in [-0.25, -0.2) is 9.37 Å². The Morgan fingerprint density at radius 1 is 1.15 bits per heavy atom. The molecule has 0 radical (unpaired) electrons. The summed E-state index contributed by atoms with van der Waals surface area (Å²) in [5, 5.41) is 11.8. The molecule has 0 atom stereocenters. The van der Waals surface area contributed by atoms with E-state index in [9.17, 15) is 14.5 Å². The van der Waals surface area contributed by atoms with Crippen molar-refractivity contribution >= 4 is 32.4 Å². The van der Waals surface area contributed by atoms with Gasteiger partial charge in [-0.3, -0.25) is 15.0 Å². The predicted octanol–water partition coefficient (Wildman–Crippen LogP) is 4.06. The highest BCUT2D eigenvalue weighted by Gasteiger charge is 2.19. The van der Waals surface area contributed by atoms with Crippen LogP contribution in [0.1, 0.15) is 12.0 Å². The van der Waals surface area contributed by atoms with Gasteiger partial charge in [-0.1, -0.05) is 29.5 Å². The number of rotatable bonds is 4. The molecule has 1 aromatic heterocycles. The van der Waals surface area contributed by atoms with Gasteiger partial charge in [-0.05, 0) is 18.6 Å². The number of thiazole rings is 1. The molecule has 1 fully saturated rings. The molecular formula is C19H19FN4O2S. The van der Waals surface area contributed by atoms with E-state index in [-0.39, 0.29) is 16.4 Å². The number of anilines is 1. The van der Waals surface area contributed by atoms with Crippen molar-refractivity contribution in [3.8, 4) is 0 Å². The number of nitrogens with zero attached hydrogens (tertiary/aromatic N) is 4. The number of aromatic nitrogens is 1. The van der Waals surface area contributed by atoms with E-state index >= 15 is 0 Å². The van der Waals surface area contributed by atoms with Gasteiger partial charge in [0.2, 0.25) is 0 Å². The lowest BCUT2D eigenvalue weighted by Gasteiger charge is -2.21. The maximum Gasteiger partial charge on any atom is 0.270 e. The number of nitro groups is 1. The van der Waals surface area contributed by atoms with Crippen molar-refractivity contribution in [2.24, 2.45) is 0 Å². The molecule has 4 rings (SSSR count). The molecular weight excluding hydrogens is 367 g/mol. The van der Waals surface area contributed by atoms with Crippen LogP contribution in [0.2, 0.25) is 0 Å². The summed E-state index contributed by atoms with van der Waals surface area (Å²) in [4.78, 5) is 19.7. The van der Waals surface area contributed by atoms with Gasteiger partial charge >= 0.3 is 0 Å². The molecule has 27 heavy (non-hydrogen) atoms. The van der Waals surface area contributed by atoms with Crippen LogP contribution in [0.25, 0.3) is 10.2 Å². The smallest absolute Gasteiger partial charge is 0.270 e. The van der Waals surface area contributed by atoms with Gasteiger partial charge in [0.15, 0.2) is 5.13 Å².